The van der Waals surface area contributed by atoms with Crippen LogP contribution in [0.25, 0.3) is 0 Å². The first-order chi connectivity index (χ1) is 7.15. The Morgan fingerprint density at radius 3 is 2.87 bits per heavy atom. The topological polar surface area (TPSA) is 52.6 Å². The monoisotopic (exact) mass is 214 g/mol. The summed E-state index contributed by atoms with van der Waals surface area (Å²) in [5.41, 5.74) is 0. The van der Waals surface area contributed by atoms with E-state index in [1.54, 1.807) is 6.92 Å². The van der Waals surface area contributed by atoms with Gasteiger partial charge in [-0.25, -0.2) is 0 Å². The third-order valence-corrected chi connectivity index (χ3v) is 3.03. The molecule has 4 heteroatoms. The van der Waals surface area contributed by atoms with Crippen molar-refractivity contribution in [3.63, 3.8) is 0 Å². The molecule has 0 aliphatic carbocycles. The van der Waals surface area contributed by atoms with Crippen molar-refractivity contribution in [1.29, 1.82) is 0 Å². The number of nitrogens with zero attached hydrogens (tertiary/aromatic N) is 1. The maximum absolute atomic E-state index is 10.9. The lowest BCUT2D eigenvalue weighted by molar-refractivity contribution is -0.142. The van der Waals surface area contributed by atoms with Gasteiger partial charge in [0.1, 0.15) is 6.04 Å². The molecule has 1 rings (SSSR count). The minimum absolute atomic E-state index is 0.368. The maximum atomic E-state index is 10.9. The third kappa shape index (κ3) is 3.80. The number of aliphatic carboxylic acids is 1. The second kappa shape index (κ2) is 6.08. The lowest BCUT2D eigenvalue weighted by Crippen LogP contribution is -2.45. The number of hydrogen-bond acceptors (Lipinski definition) is 3. The summed E-state index contributed by atoms with van der Waals surface area (Å²) in [6.07, 6.45) is 3.39. The molecule has 0 radical (unpaired) electrons. The molecule has 0 bridgehead atoms. The number of rotatable bonds is 6. The van der Waals surface area contributed by atoms with E-state index >= 15 is 0 Å². The fourth-order valence-electron chi connectivity index (χ4n) is 2.08. The highest BCUT2D eigenvalue weighted by atomic mass is 16.4. The van der Waals surface area contributed by atoms with Crippen LogP contribution in [0.4, 0.5) is 0 Å². The SMILES string of the molecule is CCCN(CC1CCCN1)C(C)C(=O)O. The first-order valence-corrected chi connectivity index (χ1v) is 5.85. The predicted molar refractivity (Wildman–Crippen MR) is 60.0 cm³/mol. The van der Waals surface area contributed by atoms with Crippen LogP contribution in [-0.2, 0) is 4.79 Å². The van der Waals surface area contributed by atoms with Crippen molar-refractivity contribution in [2.24, 2.45) is 0 Å². The number of nitrogens with one attached hydrogen (secondary N) is 1. The molecule has 2 unspecified atom stereocenters. The molecular weight excluding hydrogens is 192 g/mol. The Morgan fingerprint density at radius 1 is 1.67 bits per heavy atom. The van der Waals surface area contributed by atoms with Crippen molar-refractivity contribution in [2.45, 2.75) is 45.2 Å². The van der Waals surface area contributed by atoms with Gasteiger partial charge in [-0.15, -0.1) is 0 Å². The molecule has 1 aliphatic rings. The molecule has 1 saturated heterocycles. The van der Waals surface area contributed by atoms with E-state index in [4.69, 9.17) is 5.11 Å². The van der Waals surface area contributed by atoms with Crippen molar-refractivity contribution >= 4 is 5.97 Å². The minimum Gasteiger partial charge on any atom is -0.480 e. The molecule has 4 nitrogen and oxygen atoms in total. The Kier molecular flexibility index (Phi) is 5.05. The highest BCUT2D eigenvalue weighted by Gasteiger charge is 2.24. The molecular formula is C11H22N2O2. The van der Waals surface area contributed by atoms with Gasteiger partial charge in [0.05, 0.1) is 0 Å². The summed E-state index contributed by atoms with van der Waals surface area (Å²) < 4.78 is 0. The number of carbonyl (C=O) groups is 1. The summed E-state index contributed by atoms with van der Waals surface area (Å²) in [6, 6.07) is 0.116. The van der Waals surface area contributed by atoms with E-state index in [1.165, 1.54) is 12.8 Å². The average Bonchev–Trinajstić information content (AvgIpc) is 2.68. The Bertz CT molecular complexity index is 203. The molecule has 0 aromatic heterocycles. The molecule has 0 spiro atoms. The lowest BCUT2D eigenvalue weighted by atomic mass is 10.1. The highest BCUT2D eigenvalue weighted by Crippen LogP contribution is 2.10. The molecule has 2 atom stereocenters. The van der Waals surface area contributed by atoms with Crippen LogP contribution in [0, 0.1) is 0 Å². The van der Waals surface area contributed by atoms with Crippen molar-refractivity contribution in [3.8, 4) is 0 Å². The zero-order chi connectivity index (χ0) is 11.3. The smallest absolute Gasteiger partial charge is 0.320 e. The molecule has 15 heavy (non-hydrogen) atoms. The summed E-state index contributed by atoms with van der Waals surface area (Å²) in [5.74, 6) is -0.721. The van der Waals surface area contributed by atoms with Crippen LogP contribution < -0.4 is 5.32 Å². The first-order valence-electron chi connectivity index (χ1n) is 5.85. The van der Waals surface area contributed by atoms with Crippen LogP contribution in [-0.4, -0.2) is 47.7 Å². The zero-order valence-corrected chi connectivity index (χ0v) is 9.70. The van der Waals surface area contributed by atoms with Gasteiger partial charge in [0.15, 0.2) is 0 Å². The molecule has 0 saturated carbocycles. The molecule has 88 valence electrons. The van der Waals surface area contributed by atoms with E-state index in [1.807, 2.05) is 0 Å². The standard InChI is InChI=1S/C11H22N2O2/c1-3-7-13(9(2)11(14)15)8-10-5-4-6-12-10/h9-10,12H,3-8H2,1-2H3,(H,14,15). The largest absolute Gasteiger partial charge is 0.480 e. The Labute approximate surface area is 91.6 Å². The van der Waals surface area contributed by atoms with Gasteiger partial charge in [-0.1, -0.05) is 6.92 Å². The highest BCUT2D eigenvalue weighted by molar-refractivity contribution is 5.72. The Balaban J connectivity index is 2.44. The van der Waals surface area contributed by atoms with E-state index < -0.39 is 5.97 Å². The molecule has 2 N–H and O–H groups in total. The van der Waals surface area contributed by atoms with E-state index in [0.29, 0.717) is 6.04 Å². The molecule has 0 aromatic rings. The molecule has 1 heterocycles. The minimum atomic E-state index is -0.721. The van der Waals surface area contributed by atoms with E-state index in [-0.39, 0.29) is 6.04 Å². The van der Waals surface area contributed by atoms with E-state index in [9.17, 15) is 4.79 Å². The van der Waals surface area contributed by atoms with Crippen LogP contribution in [0.2, 0.25) is 0 Å². The first kappa shape index (κ1) is 12.5. The average molecular weight is 214 g/mol. The summed E-state index contributed by atoms with van der Waals surface area (Å²) in [4.78, 5) is 13.0. The molecule has 0 aromatic carbocycles. The zero-order valence-electron chi connectivity index (χ0n) is 9.70. The lowest BCUT2D eigenvalue weighted by Gasteiger charge is -2.28. The summed E-state index contributed by atoms with van der Waals surface area (Å²) in [6.45, 7) is 6.66. The molecule has 0 amide bonds. The van der Waals surface area contributed by atoms with Gasteiger partial charge in [-0.3, -0.25) is 9.69 Å². The van der Waals surface area contributed by atoms with Gasteiger partial charge in [-0.2, -0.15) is 0 Å². The van der Waals surface area contributed by atoms with Gasteiger partial charge < -0.3 is 10.4 Å². The van der Waals surface area contributed by atoms with Gasteiger partial charge >= 0.3 is 5.97 Å². The van der Waals surface area contributed by atoms with Gasteiger partial charge in [0.2, 0.25) is 0 Å². The maximum Gasteiger partial charge on any atom is 0.320 e. The van der Waals surface area contributed by atoms with Gasteiger partial charge in [-0.05, 0) is 39.3 Å². The number of carboxylic acids is 1. The third-order valence-electron chi connectivity index (χ3n) is 3.03. The van der Waals surface area contributed by atoms with Crippen molar-refractivity contribution in [1.82, 2.24) is 10.2 Å². The summed E-state index contributed by atoms with van der Waals surface area (Å²) in [5, 5.41) is 12.4. The van der Waals surface area contributed by atoms with Gasteiger partial charge in [0, 0.05) is 12.6 Å². The molecule has 1 fully saturated rings. The number of hydrogen-bond donors (Lipinski definition) is 2. The fraction of sp³-hybridized carbons (Fsp3) is 0.909. The van der Waals surface area contributed by atoms with Crippen molar-refractivity contribution < 1.29 is 9.90 Å². The summed E-state index contributed by atoms with van der Waals surface area (Å²) >= 11 is 0. The number of carboxylic acid groups (broad SMARTS) is 1. The van der Waals surface area contributed by atoms with Crippen molar-refractivity contribution in [2.75, 3.05) is 19.6 Å². The normalized spacial score (nSPS) is 23.3. The second-order valence-corrected chi connectivity index (χ2v) is 4.30. The Morgan fingerprint density at radius 2 is 2.40 bits per heavy atom. The van der Waals surface area contributed by atoms with Crippen LogP contribution in [0.5, 0.6) is 0 Å². The van der Waals surface area contributed by atoms with Crippen LogP contribution in [0.3, 0.4) is 0 Å². The van der Waals surface area contributed by atoms with Crippen molar-refractivity contribution in [3.05, 3.63) is 0 Å². The predicted octanol–water partition coefficient (Wildman–Crippen LogP) is 0.923. The van der Waals surface area contributed by atoms with Crippen LogP contribution >= 0.6 is 0 Å². The Hall–Kier alpha value is -0.610. The van der Waals surface area contributed by atoms with Crippen LogP contribution in [0.15, 0.2) is 0 Å². The fourth-order valence-corrected chi connectivity index (χ4v) is 2.08. The quantitative estimate of drug-likeness (QED) is 0.690. The molecule has 1 aliphatic heterocycles. The summed E-state index contributed by atoms with van der Waals surface area (Å²) in [7, 11) is 0. The second-order valence-electron chi connectivity index (χ2n) is 4.30. The van der Waals surface area contributed by atoms with E-state index in [0.717, 1.165) is 26.1 Å². The van der Waals surface area contributed by atoms with E-state index in [2.05, 4.69) is 17.1 Å². The van der Waals surface area contributed by atoms with Crippen LogP contribution in [0.1, 0.15) is 33.1 Å². The van der Waals surface area contributed by atoms with Gasteiger partial charge in [0.25, 0.3) is 0 Å².